The predicted molar refractivity (Wildman–Crippen MR) is 91.7 cm³/mol. The van der Waals surface area contributed by atoms with Crippen LogP contribution in [-0.2, 0) is 21.2 Å². The highest BCUT2D eigenvalue weighted by Gasteiger charge is 2.40. The molecule has 26 heavy (non-hydrogen) atoms. The Hall–Kier alpha value is -2.45. The number of para-hydroxylation sites is 1. The number of amides is 1. The summed E-state index contributed by atoms with van der Waals surface area (Å²) in [4.78, 5) is 14.3. The molecule has 1 fully saturated rings. The highest BCUT2D eigenvalue weighted by molar-refractivity contribution is 7.89. The van der Waals surface area contributed by atoms with E-state index in [0.717, 1.165) is 0 Å². The Labute approximate surface area is 150 Å². The van der Waals surface area contributed by atoms with Gasteiger partial charge in [0.15, 0.2) is 11.6 Å². The minimum Gasteiger partial charge on any atom is -0.484 e. The zero-order valence-corrected chi connectivity index (χ0v) is 14.6. The van der Waals surface area contributed by atoms with Gasteiger partial charge in [-0.15, -0.1) is 0 Å². The van der Waals surface area contributed by atoms with E-state index in [4.69, 9.17) is 4.74 Å². The summed E-state index contributed by atoms with van der Waals surface area (Å²) >= 11 is 0. The first kappa shape index (κ1) is 17.0. The number of rotatable bonds is 3. The molecule has 1 N–H and O–H groups in total. The molecule has 2 heterocycles. The number of likely N-dealkylation sites (tertiary alicyclic amines) is 1. The molecule has 136 valence electrons. The van der Waals surface area contributed by atoms with Gasteiger partial charge in [0, 0.05) is 0 Å². The zero-order valence-electron chi connectivity index (χ0n) is 13.8. The van der Waals surface area contributed by atoms with Crippen LogP contribution in [0.1, 0.15) is 5.56 Å². The van der Waals surface area contributed by atoms with Crippen molar-refractivity contribution in [1.82, 2.24) is 9.62 Å². The van der Waals surface area contributed by atoms with Crippen molar-refractivity contribution >= 4 is 15.9 Å². The van der Waals surface area contributed by atoms with Crippen LogP contribution in [0.5, 0.6) is 5.75 Å². The predicted octanol–water partition coefficient (Wildman–Crippen LogP) is 1.32. The number of nitrogens with one attached hydrogen (secondary N) is 1. The second-order valence-electron chi connectivity index (χ2n) is 6.40. The quantitative estimate of drug-likeness (QED) is 0.877. The minimum atomic E-state index is -3.70. The summed E-state index contributed by atoms with van der Waals surface area (Å²) in [5.74, 6) is -0.595. The molecule has 8 heteroatoms. The van der Waals surface area contributed by atoms with Crippen molar-refractivity contribution < 1.29 is 22.3 Å². The van der Waals surface area contributed by atoms with E-state index in [0.29, 0.717) is 25.1 Å². The molecule has 0 aliphatic carbocycles. The number of hydrogen-bond donors (Lipinski definition) is 1. The van der Waals surface area contributed by atoms with Crippen molar-refractivity contribution in [2.45, 2.75) is 23.5 Å². The van der Waals surface area contributed by atoms with E-state index in [9.17, 15) is 17.6 Å². The van der Waals surface area contributed by atoms with Gasteiger partial charge in [0.25, 0.3) is 0 Å². The van der Waals surface area contributed by atoms with Gasteiger partial charge < -0.3 is 9.64 Å². The standard InChI is InChI=1S/C18H17FN2O4S/c19-14-6-2-3-7-16(14)25-13-10-21(11-13)18(22)15-9-12-5-1-4-8-17(12)26(23,24)20-15/h1-8,13,15,20H,9-11H2/t15-/m0/s1. The molecule has 2 aromatic rings. The van der Waals surface area contributed by atoms with Crippen molar-refractivity contribution in [3.63, 3.8) is 0 Å². The van der Waals surface area contributed by atoms with E-state index in [2.05, 4.69) is 4.72 Å². The van der Waals surface area contributed by atoms with Crippen molar-refractivity contribution in [1.29, 1.82) is 0 Å². The van der Waals surface area contributed by atoms with Crippen LogP contribution in [0.2, 0.25) is 0 Å². The number of carbonyl (C=O) groups excluding carboxylic acids is 1. The number of halogens is 1. The molecule has 4 rings (SSSR count). The number of sulfonamides is 1. The number of nitrogens with zero attached hydrogens (tertiary/aromatic N) is 1. The van der Waals surface area contributed by atoms with Crippen LogP contribution in [0.4, 0.5) is 4.39 Å². The van der Waals surface area contributed by atoms with Crippen molar-refractivity contribution in [2.24, 2.45) is 0 Å². The second kappa shape index (κ2) is 6.37. The van der Waals surface area contributed by atoms with E-state index in [1.165, 1.54) is 23.1 Å². The average molecular weight is 376 g/mol. The molecule has 0 aromatic heterocycles. The van der Waals surface area contributed by atoms with E-state index in [1.54, 1.807) is 30.3 Å². The largest absolute Gasteiger partial charge is 0.484 e. The van der Waals surface area contributed by atoms with Gasteiger partial charge in [0.05, 0.1) is 18.0 Å². The number of carbonyl (C=O) groups is 1. The highest BCUT2D eigenvalue weighted by atomic mass is 32.2. The summed E-state index contributed by atoms with van der Waals surface area (Å²) in [6.45, 7) is 0.597. The first-order valence-electron chi connectivity index (χ1n) is 8.24. The van der Waals surface area contributed by atoms with E-state index in [-0.39, 0.29) is 22.7 Å². The average Bonchev–Trinajstić information content (AvgIpc) is 2.58. The summed E-state index contributed by atoms with van der Waals surface area (Å²) in [5.41, 5.74) is 0.629. The number of hydrogen-bond acceptors (Lipinski definition) is 4. The summed E-state index contributed by atoms with van der Waals surface area (Å²) < 4.78 is 46.2. The Morgan fingerprint density at radius 1 is 1.12 bits per heavy atom. The molecule has 0 unspecified atom stereocenters. The van der Waals surface area contributed by atoms with Crippen LogP contribution in [0, 0.1) is 5.82 Å². The molecular formula is C18H17FN2O4S. The van der Waals surface area contributed by atoms with Crippen LogP contribution in [-0.4, -0.2) is 44.5 Å². The van der Waals surface area contributed by atoms with Crippen molar-refractivity contribution in [2.75, 3.05) is 13.1 Å². The molecule has 0 radical (unpaired) electrons. The summed E-state index contributed by atoms with van der Waals surface area (Å²) in [6, 6.07) is 11.9. The van der Waals surface area contributed by atoms with Crippen LogP contribution in [0.15, 0.2) is 53.4 Å². The Kier molecular flexibility index (Phi) is 4.16. The number of ether oxygens (including phenoxy) is 1. The molecule has 2 aliphatic heterocycles. The molecule has 0 spiro atoms. The molecule has 2 aliphatic rings. The Morgan fingerprint density at radius 2 is 1.81 bits per heavy atom. The fourth-order valence-electron chi connectivity index (χ4n) is 3.22. The first-order valence-corrected chi connectivity index (χ1v) is 9.72. The topological polar surface area (TPSA) is 75.7 Å². The molecular weight excluding hydrogens is 359 g/mol. The number of fused-ring (bicyclic) bond motifs is 1. The third-order valence-corrected chi connectivity index (χ3v) is 6.14. The normalized spacial score (nSPS) is 21.6. The van der Waals surface area contributed by atoms with Crippen molar-refractivity contribution in [3.8, 4) is 5.75 Å². The molecule has 6 nitrogen and oxygen atoms in total. The van der Waals surface area contributed by atoms with Crippen LogP contribution < -0.4 is 9.46 Å². The van der Waals surface area contributed by atoms with Gasteiger partial charge in [-0.25, -0.2) is 12.8 Å². The summed E-state index contributed by atoms with van der Waals surface area (Å²) in [5, 5.41) is 0. The van der Waals surface area contributed by atoms with Crippen molar-refractivity contribution in [3.05, 3.63) is 59.9 Å². The van der Waals surface area contributed by atoms with Gasteiger partial charge in [-0.3, -0.25) is 4.79 Å². The third-order valence-electron chi connectivity index (χ3n) is 4.57. The Bertz CT molecular complexity index is 957. The lowest BCUT2D eigenvalue weighted by Crippen LogP contribution is -2.62. The van der Waals surface area contributed by atoms with Gasteiger partial charge >= 0.3 is 0 Å². The maximum atomic E-state index is 13.6. The van der Waals surface area contributed by atoms with E-state index < -0.39 is 21.9 Å². The van der Waals surface area contributed by atoms with Gasteiger partial charge in [-0.2, -0.15) is 4.72 Å². The first-order chi connectivity index (χ1) is 12.4. The molecule has 1 saturated heterocycles. The van der Waals surface area contributed by atoms with Gasteiger partial charge in [-0.05, 0) is 30.2 Å². The minimum absolute atomic E-state index is 0.150. The zero-order chi connectivity index (χ0) is 18.3. The van der Waals surface area contributed by atoms with Crippen LogP contribution in [0.25, 0.3) is 0 Å². The van der Waals surface area contributed by atoms with Crippen LogP contribution >= 0.6 is 0 Å². The fraction of sp³-hybridized carbons (Fsp3) is 0.278. The van der Waals surface area contributed by atoms with Gasteiger partial charge in [-0.1, -0.05) is 30.3 Å². The second-order valence-corrected chi connectivity index (χ2v) is 8.08. The lowest BCUT2D eigenvalue weighted by molar-refractivity contribution is -0.142. The molecule has 1 amide bonds. The molecule has 0 saturated carbocycles. The lowest BCUT2D eigenvalue weighted by atomic mass is 10.0. The number of benzene rings is 2. The molecule has 0 bridgehead atoms. The SMILES string of the molecule is O=C([C@@H]1Cc2ccccc2S(=O)(=O)N1)N1CC(Oc2ccccc2F)C1. The summed E-state index contributed by atoms with van der Waals surface area (Å²) in [6.07, 6.45) is 0.00663. The monoisotopic (exact) mass is 376 g/mol. The van der Waals surface area contributed by atoms with Gasteiger partial charge in [0.1, 0.15) is 12.1 Å². The van der Waals surface area contributed by atoms with Crippen LogP contribution in [0.3, 0.4) is 0 Å². The van der Waals surface area contributed by atoms with Gasteiger partial charge in [0.2, 0.25) is 15.9 Å². The Balaban J connectivity index is 1.40. The maximum absolute atomic E-state index is 13.6. The highest BCUT2D eigenvalue weighted by Crippen LogP contribution is 2.25. The Morgan fingerprint density at radius 3 is 2.58 bits per heavy atom. The lowest BCUT2D eigenvalue weighted by Gasteiger charge is -2.41. The fourth-order valence-corrected chi connectivity index (χ4v) is 4.66. The van der Waals surface area contributed by atoms with E-state index >= 15 is 0 Å². The smallest absolute Gasteiger partial charge is 0.241 e. The maximum Gasteiger partial charge on any atom is 0.241 e. The summed E-state index contributed by atoms with van der Waals surface area (Å²) in [7, 11) is -3.70. The molecule has 2 aromatic carbocycles. The molecule has 1 atom stereocenters. The third kappa shape index (κ3) is 3.06. The van der Waals surface area contributed by atoms with E-state index in [1.807, 2.05) is 0 Å².